The van der Waals surface area contributed by atoms with Gasteiger partial charge in [-0.25, -0.2) is 14.2 Å². The number of carbonyl (C=O) groups excluding carboxylic acids is 3. The van der Waals surface area contributed by atoms with Crippen molar-refractivity contribution >= 4 is 46.7 Å². The van der Waals surface area contributed by atoms with E-state index in [1.165, 1.54) is 42.6 Å². The summed E-state index contributed by atoms with van der Waals surface area (Å²) >= 11 is 5.85. The Balaban J connectivity index is 1.56. The number of halogens is 2. The van der Waals surface area contributed by atoms with Gasteiger partial charge < -0.3 is 25.0 Å². The van der Waals surface area contributed by atoms with Crippen LogP contribution in [0, 0.1) is 11.2 Å². The summed E-state index contributed by atoms with van der Waals surface area (Å²) in [7, 11) is 0. The molecule has 3 aromatic rings. The van der Waals surface area contributed by atoms with Gasteiger partial charge in [0, 0.05) is 24.8 Å². The first kappa shape index (κ1) is 27.5. The SMILES string of the molecule is CCOC(=O)COc1ccc(NC(=O)c2ccc(C(=N)N3CCC3)cc2F)c(C(=O)Nc2ccc(Cl)cn2)c1. The lowest BCUT2D eigenvalue weighted by Crippen LogP contribution is -2.42. The topological polar surface area (TPSA) is 134 Å². The van der Waals surface area contributed by atoms with Crippen molar-refractivity contribution in [3.8, 4) is 5.75 Å². The molecule has 4 rings (SSSR count). The van der Waals surface area contributed by atoms with Crippen molar-refractivity contribution in [1.82, 2.24) is 9.88 Å². The molecule has 3 N–H and O–H groups in total. The van der Waals surface area contributed by atoms with Crippen LogP contribution in [0.15, 0.2) is 54.7 Å². The van der Waals surface area contributed by atoms with Gasteiger partial charge in [-0.2, -0.15) is 0 Å². The Labute approximate surface area is 228 Å². The molecule has 0 radical (unpaired) electrons. The summed E-state index contributed by atoms with van der Waals surface area (Å²) in [5.74, 6) is -2.29. The van der Waals surface area contributed by atoms with E-state index in [0.717, 1.165) is 25.6 Å². The molecule has 0 spiro atoms. The number of nitrogens with zero attached hydrogens (tertiary/aromatic N) is 2. The zero-order chi connectivity index (χ0) is 27.9. The maximum Gasteiger partial charge on any atom is 0.344 e. The average molecular weight is 554 g/mol. The van der Waals surface area contributed by atoms with Crippen LogP contribution in [0.25, 0.3) is 0 Å². The van der Waals surface area contributed by atoms with Crippen molar-refractivity contribution in [2.45, 2.75) is 13.3 Å². The van der Waals surface area contributed by atoms with Crippen molar-refractivity contribution < 1.29 is 28.2 Å². The lowest BCUT2D eigenvalue weighted by Gasteiger charge is -2.33. The number of aromatic nitrogens is 1. The van der Waals surface area contributed by atoms with E-state index in [-0.39, 0.29) is 47.4 Å². The molecular weight excluding hydrogens is 529 g/mol. The standard InChI is InChI=1S/C27H25ClFN5O5/c1-2-38-24(35)15-39-18-6-8-22(20(13-18)27(37)33-23-9-5-17(28)14-31-23)32-26(36)19-7-4-16(12-21(19)29)25(30)34-10-3-11-34/h4-9,12-14,30H,2-3,10-11,15H2,1H3,(H,32,36)(H,31,33,37). The van der Waals surface area contributed by atoms with E-state index in [9.17, 15) is 18.8 Å². The smallest absolute Gasteiger partial charge is 0.344 e. The summed E-state index contributed by atoms with van der Waals surface area (Å²) in [5, 5.41) is 13.7. The zero-order valence-electron chi connectivity index (χ0n) is 20.9. The van der Waals surface area contributed by atoms with Gasteiger partial charge in [0.25, 0.3) is 11.8 Å². The van der Waals surface area contributed by atoms with Crippen molar-refractivity contribution in [2.24, 2.45) is 0 Å². The van der Waals surface area contributed by atoms with Gasteiger partial charge in [-0.1, -0.05) is 17.7 Å². The molecule has 0 atom stereocenters. The Kier molecular flexibility index (Phi) is 8.72. The minimum absolute atomic E-state index is 0.0296. The largest absolute Gasteiger partial charge is 0.482 e. The van der Waals surface area contributed by atoms with Crippen LogP contribution in [0.2, 0.25) is 5.02 Å². The number of amidine groups is 1. The lowest BCUT2D eigenvalue weighted by atomic mass is 10.1. The number of likely N-dealkylation sites (tertiary alicyclic amines) is 1. The van der Waals surface area contributed by atoms with Crippen molar-refractivity contribution in [1.29, 1.82) is 5.41 Å². The third kappa shape index (κ3) is 6.88. The van der Waals surface area contributed by atoms with Crippen LogP contribution in [0.3, 0.4) is 0 Å². The van der Waals surface area contributed by atoms with Crippen LogP contribution < -0.4 is 15.4 Å². The maximum atomic E-state index is 14.9. The first-order valence-corrected chi connectivity index (χ1v) is 12.4. The number of benzene rings is 2. The van der Waals surface area contributed by atoms with Gasteiger partial charge in [-0.05, 0) is 55.8 Å². The van der Waals surface area contributed by atoms with Crippen LogP contribution in [-0.4, -0.2) is 59.8 Å². The number of carbonyl (C=O) groups is 3. The van der Waals surface area contributed by atoms with Crippen LogP contribution in [0.4, 0.5) is 15.9 Å². The minimum Gasteiger partial charge on any atom is -0.482 e. The molecule has 10 nitrogen and oxygen atoms in total. The molecule has 0 unspecified atom stereocenters. The number of nitrogens with one attached hydrogen (secondary N) is 3. The molecule has 1 aliphatic heterocycles. The number of anilines is 2. The normalized spacial score (nSPS) is 12.2. The van der Waals surface area contributed by atoms with Gasteiger partial charge in [-0.3, -0.25) is 15.0 Å². The van der Waals surface area contributed by atoms with Gasteiger partial charge in [0.2, 0.25) is 0 Å². The highest BCUT2D eigenvalue weighted by Crippen LogP contribution is 2.25. The van der Waals surface area contributed by atoms with E-state index in [1.807, 2.05) is 0 Å². The van der Waals surface area contributed by atoms with E-state index in [4.69, 9.17) is 26.5 Å². The highest BCUT2D eigenvalue weighted by Gasteiger charge is 2.22. The molecule has 1 fully saturated rings. The molecule has 0 bridgehead atoms. The van der Waals surface area contributed by atoms with E-state index in [2.05, 4.69) is 15.6 Å². The summed E-state index contributed by atoms with van der Waals surface area (Å²) in [4.78, 5) is 43.6. The molecule has 1 aromatic heterocycles. The Morgan fingerprint density at radius 3 is 2.46 bits per heavy atom. The predicted octanol–water partition coefficient (Wildman–Crippen LogP) is 4.35. The van der Waals surface area contributed by atoms with Crippen LogP contribution in [0.1, 0.15) is 39.6 Å². The molecule has 2 aromatic carbocycles. The molecule has 39 heavy (non-hydrogen) atoms. The molecule has 0 aliphatic carbocycles. The van der Waals surface area contributed by atoms with Gasteiger partial charge in [0.15, 0.2) is 6.61 Å². The Morgan fingerprint density at radius 1 is 1.05 bits per heavy atom. The van der Waals surface area contributed by atoms with Gasteiger partial charge in [0.1, 0.15) is 23.2 Å². The first-order chi connectivity index (χ1) is 18.7. The summed E-state index contributed by atoms with van der Waals surface area (Å²) in [6.45, 7) is 2.93. The zero-order valence-corrected chi connectivity index (χ0v) is 21.7. The van der Waals surface area contributed by atoms with Gasteiger partial charge >= 0.3 is 5.97 Å². The molecule has 0 saturated carbocycles. The Bertz CT molecular complexity index is 1410. The fourth-order valence-electron chi connectivity index (χ4n) is 3.65. The van der Waals surface area contributed by atoms with E-state index < -0.39 is 23.6 Å². The number of rotatable bonds is 9. The summed E-state index contributed by atoms with van der Waals surface area (Å²) in [6, 6.07) is 11.1. The van der Waals surface area contributed by atoms with Crippen LogP contribution in [0.5, 0.6) is 5.75 Å². The number of hydrogen-bond donors (Lipinski definition) is 3. The highest BCUT2D eigenvalue weighted by molar-refractivity contribution is 6.30. The Morgan fingerprint density at radius 2 is 1.82 bits per heavy atom. The molecular formula is C27H25ClFN5O5. The first-order valence-electron chi connectivity index (χ1n) is 12.0. The molecule has 12 heteroatoms. The van der Waals surface area contributed by atoms with E-state index in [1.54, 1.807) is 17.9 Å². The summed E-state index contributed by atoms with van der Waals surface area (Å²) < 4.78 is 25.2. The predicted molar refractivity (Wildman–Crippen MR) is 143 cm³/mol. The summed E-state index contributed by atoms with van der Waals surface area (Å²) in [5.41, 5.74) is 0.135. The number of esters is 1. The van der Waals surface area contributed by atoms with Crippen molar-refractivity contribution in [3.63, 3.8) is 0 Å². The number of amides is 2. The lowest BCUT2D eigenvalue weighted by molar-refractivity contribution is -0.145. The molecule has 202 valence electrons. The highest BCUT2D eigenvalue weighted by atomic mass is 35.5. The van der Waals surface area contributed by atoms with Crippen LogP contribution in [-0.2, 0) is 9.53 Å². The fraction of sp³-hybridized carbons (Fsp3) is 0.222. The number of pyridine rings is 1. The van der Waals surface area contributed by atoms with Crippen molar-refractivity contribution in [2.75, 3.05) is 36.9 Å². The van der Waals surface area contributed by atoms with Gasteiger partial charge in [-0.15, -0.1) is 0 Å². The summed E-state index contributed by atoms with van der Waals surface area (Å²) in [6.07, 6.45) is 2.33. The average Bonchev–Trinajstić information content (AvgIpc) is 2.88. The second kappa shape index (κ2) is 12.4. The fourth-order valence-corrected chi connectivity index (χ4v) is 3.76. The molecule has 1 saturated heterocycles. The quantitative estimate of drug-likeness (QED) is 0.204. The number of hydrogen-bond acceptors (Lipinski definition) is 7. The molecule has 2 amide bonds. The third-order valence-electron chi connectivity index (χ3n) is 5.77. The van der Waals surface area contributed by atoms with E-state index in [0.29, 0.717) is 10.6 Å². The molecule has 2 heterocycles. The Hall–Kier alpha value is -4.51. The second-order valence-corrected chi connectivity index (χ2v) is 8.89. The van der Waals surface area contributed by atoms with E-state index >= 15 is 0 Å². The third-order valence-corrected chi connectivity index (χ3v) is 6.00. The van der Waals surface area contributed by atoms with Gasteiger partial charge in [0.05, 0.1) is 28.4 Å². The second-order valence-electron chi connectivity index (χ2n) is 8.45. The maximum absolute atomic E-state index is 14.9. The van der Waals surface area contributed by atoms with Crippen LogP contribution >= 0.6 is 11.6 Å². The van der Waals surface area contributed by atoms with Crippen molar-refractivity contribution in [3.05, 3.63) is 82.3 Å². The number of ether oxygens (including phenoxy) is 2. The minimum atomic E-state index is -0.805. The monoisotopic (exact) mass is 553 g/mol. The molecule has 1 aliphatic rings.